The van der Waals surface area contributed by atoms with Gasteiger partial charge in [-0.05, 0) is 36.1 Å². The summed E-state index contributed by atoms with van der Waals surface area (Å²) in [5.41, 5.74) is 3.33. The van der Waals surface area contributed by atoms with Crippen LogP contribution in [-0.4, -0.2) is 76.0 Å². The SMILES string of the molecule is COCCN(CCOC)Cc1nc(NC(=O)N[C@H]2CC[C@@H](Oc3ccc4nnc(C(C)(C)C)n4c3)c3ccccc32)cc(C(C)(C)C)n1. The highest BCUT2D eigenvalue weighted by atomic mass is 16.5. The normalized spacial score (nSPS) is 16.6. The van der Waals surface area contributed by atoms with Crippen molar-refractivity contribution < 1.29 is 19.0 Å². The number of hydrogen-bond acceptors (Lipinski definition) is 9. The van der Waals surface area contributed by atoms with Crippen molar-refractivity contribution >= 4 is 17.5 Å². The van der Waals surface area contributed by atoms with Crippen molar-refractivity contribution in [1.82, 2.24) is 34.8 Å². The Hall–Kier alpha value is -4.13. The number of nitrogens with zero attached hydrogens (tertiary/aromatic N) is 6. The molecule has 0 spiro atoms. The van der Waals surface area contributed by atoms with E-state index in [1.807, 2.05) is 40.9 Å². The molecule has 1 aliphatic rings. The van der Waals surface area contributed by atoms with Crippen molar-refractivity contribution in [2.24, 2.45) is 0 Å². The Kier molecular flexibility index (Phi) is 11.0. The third-order valence-electron chi connectivity index (χ3n) is 8.44. The number of nitrogens with one attached hydrogen (secondary N) is 2. The minimum atomic E-state index is -0.318. The summed E-state index contributed by atoms with van der Waals surface area (Å²) in [6, 6.07) is 13.4. The summed E-state index contributed by atoms with van der Waals surface area (Å²) in [6.45, 7) is 15.8. The van der Waals surface area contributed by atoms with Crippen molar-refractivity contribution in [1.29, 1.82) is 0 Å². The minimum absolute atomic E-state index is 0.160. The van der Waals surface area contributed by atoms with Gasteiger partial charge in [0.2, 0.25) is 0 Å². The number of anilines is 1. The number of amides is 2. The zero-order valence-corrected chi connectivity index (χ0v) is 29.5. The Morgan fingerprint density at radius 2 is 1.62 bits per heavy atom. The maximum absolute atomic E-state index is 13.5. The number of rotatable bonds is 12. The fraction of sp³-hybridized carbons (Fsp3) is 0.528. The van der Waals surface area contributed by atoms with E-state index in [1.54, 1.807) is 14.2 Å². The molecule has 4 aromatic rings. The van der Waals surface area contributed by atoms with Crippen molar-refractivity contribution in [2.45, 2.75) is 83.9 Å². The molecule has 0 saturated carbocycles. The van der Waals surface area contributed by atoms with E-state index >= 15 is 0 Å². The summed E-state index contributed by atoms with van der Waals surface area (Å²) in [7, 11) is 3.37. The number of pyridine rings is 1. The van der Waals surface area contributed by atoms with Crippen LogP contribution in [0.1, 0.15) is 95.0 Å². The number of urea groups is 1. The first-order chi connectivity index (χ1) is 22.9. The van der Waals surface area contributed by atoms with Gasteiger partial charge in [-0.25, -0.2) is 14.8 Å². The zero-order chi connectivity index (χ0) is 34.5. The van der Waals surface area contributed by atoms with Gasteiger partial charge in [-0.15, -0.1) is 10.2 Å². The van der Waals surface area contributed by atoms with Gasteiger partial charge in [-0.1, -0.05) is 65.8 Å². The number of ether oxygens (including phenoxy) is 3. The molecule has 5 rings (SSSR count). The topological polar surface area (TPSA) is 128 Å². The highest BCUT2D eigenvalue weighted by Gasteiger charge is 2.30. The van der Waals surface area contributed by atoms with Crippen LogP contribution in [0.5, 0.6) is 5.75 Å². The molecule has 2 atom stereocenters. The summed E-state index contributed by atoms with van der Waals surface area (Å²) in [4.78, 5) is 25.3. The summed E-state index contributed by atoms with van der Waals surface area (Å²) in [5, 5.41) is 14.9. The van der Waals surface area contributed by atoms with Crippen molar-refractivity contribution in [2.75, 3.05) is 45.8 Å². The molecule has 0 fully saturated rings. The van der Waals surface area contributed by atoms with E-state index in [1.165, 1.54) is 0 Å². The smallest absolute Gasteiger partial charge is 0.320 e. The van der Waals surface area contributed by atoms with Crippen LogP contribution in [0.25, 0.3) is 5.65 Å². The van der Waals surface area contributed by atoms with E-state index < -0.39 is 0 Å². The number of carbonyl (C=O) groups excluding carboxylic acids is 1. The fourth-order valence-corrected chi connectivity index (χ4v) is 5.88. The quantitative estimate of drug-likeness (QED) is 0.189. The molecule has 1 aliphatic carbocycles. The first-order valence-electron chi connectivity index (χ1n) is 16.6. The molecule has 1 aromatic carbocycles. The molecule has 2 N–H and O–H groups in total. The first kappa shape index (κ1) is 35.2. The van der Waals surface area contributed by atoms with Crippen LogP contribution in [0.2, 0.25) is 0 Å². The number of fused-ring (bicyclic) bond motifs is 2. The Morgan fingerprint density at radius 1 is 0.917 bits per heavy atom. The van der Waals surface area contributed by atoms with Gasteiger partial charge in [0.15, 0.2) is 5.65 Å². The Bertz CT molecular complexity index is 1690. The number of aromatic nitrogens is 5. The highest BCUT2D eigenvalue weighted by molar-refractivity contribution is 5.88. The van der Waals surface area contributed by atoms with E-state index in [-0.39, 0.29) is 29.0 Å². The van der Waals surface area contributed by atoms with Crippen LogP contribution >= 0.6 is 0 Å². The molecular formula is C36H50N8O4. The second-order valence-electron chi connectivity index (χ2n) is 14.4. The molecule has 0 unspecified atom stereocenters. The van der Waals surface area contributed by atoms with Gasteiger partial charge in [0, 0.05) is 44.2 Å². The van der Waals surface area contributed by atoms with E-state index in [0.29, 0.717) is 50.9 Å². The van der Waals surface area contributed by atoms with E-state index in [9.17, 15) is 4.79 Å². The van der Waals surface area contributed by atoms with Crippen molar-refractivity contribution in [3.8, 4) is 5.75 Å². The van der Waals surface area contributed by atoms with Crippen LogP contribution in [-0.2, 0) is 26.8 Å². The minimum Gasteiger partial charge on any atom is -0.484 e. The standard InChI is InChI=1S/C36H50N8O4/c1-35(2,3)29-21-30(39-31(38-29)23-43(17-19-46-7)18-20-47-8)40-34(45)37-27-14-15-28(26-12-10-9-11-25(26)27)48-24-13-16-32-41-42-33(36(4,5)6)44(32)22-24/h9-13,16,21-22,27-28H,14-15,17-20,23H2,1-8H3,(H2,37,38,39,40,45)/t27-,28+/m0/s1. The van der Waals surface area contributed by atoms with E-state index in [4.69, 9.17) is 24.2 Å². The Balaban J connectivity index is 1.31. The van der Waals surface area contributed by atoms with Crippen LogP contribution in [0, 0.1) is 0 Å². The zero-order valence-electron chi connectivity index (χ0n) is 29.5. The monoisotopic (exact) mass is 658 g/mol. The third kappa shape index (κ3) is 8.66. The summed E-state index contributed by atoms with van der Waals surface area (Å²) >= 11 is 0. The van der Waals surface area contributed by atoms with Crippen LogP contribution in [0.3, 0.4) is 0 Å². The molecule has 0 saturated heterocycles. The average Bonchev–Trinajstić information content (AvgIpc) is 3.47. The van der Waals surface area contributed by atoms with Gasteiger partial charge in [0.25, 0.3) is 0 Å². The van der Waals surface area contributed by atoms with Gasteiger partial charge in [0.1, 0.15) is 29.3 Å². The van der Waals surface area contributed by atoms with Crippen molar-refractivity contribution in [3.63, 3.8) is 0 Å². The largest absolute Gasteiger partial charge is 0.484 e. The lowest BCUT2D eigenvalue weighted by atomic mass is 9.85. The lowest BCUT2D eigenvalue weighted by Gasteiger charge is -2.32. The van der Waals surface area contributed by atoms with Gasteiger partial charge in [-0.2, -0.15) is 0 Å². The molecule has 0 aliphatic heterocycles. The van der Waals surface area contributed by atoms with Crippen LogP contribution < -0.4 is 15.4 Å². The van der Waals surface area contributed by atoms with Crippen LogP contribution in [0.4, 0.5) is 10.6 Å². The molecule has 12 nitrogen and oxygen atoms in total. The summed E-state index contributed by atoms with van der Waals surface area (Å²) in [5.74, 6) is 2.72. The average molecular weight is 659 g/mol. The maximum atomic E-state index is 13.5. The molecule has 12 heteroatoms. The molecule has 0 radical (unpaired) electrons. The molecule has 48 heavy (non-hydrogen) atoms. The number of methoxy groups -OCH3 is 2. The number of carbonyl (C=O) groups is 1. The Labute approximate surface area is 283 Å². The van der Waals surface area contributed by atoms with Gasteiger partial charge >= 0.3 is 6.03 Å². The fourth-order valence-electron chi connectivity index (χ4n) is 5.88. The molecule has 258 valence electrons. The van der Waals surface area contributed by atoms with E-state index in [2.05, 4.69) is 79.4 Å². The number of hydrogen-bond donors (Lipinski definition) is 2. The molecule has 0 bridgehead atoms. The number of benzene rings is 1. The van der Waals surface area contributed by atoms with E-state index in [0.717, 1.165) is 40.5 Å². The molecular weight excluding hydrogens is 608 g/mol. The third-order valence-corrected chi connectivity index (χ3v) is 8.44. The molecule has 2 amide bonds. The molecule has 3 aromatic heterocycles. The second kappa shape index (κ2) is 15.0. The van der Waals surface area contributed by atoms with Crippen molar-refractivity contribution in [3.05, 3.63) is 77.1 Å². The van der Waals surface area contributed by atoms with Gasteiger partial charge in [0.05, 0.1) is 37.7 Å². The van der Waals surface area contributed by atoms with Crippen LogP contribution in [0.15, 0.2) is 48.7 Å². The Morgan fingerprint density at radius 3 is 2.29 bits per heavy atom. The van der Waals surface area contributed by atoms with Gasteiger partial charge in [-0.3, -0.25) is 14.6 Å². The predicted octanol–water partition coefficient (Wildman–Crippen LogP) is 5.99. The summed E-state index contributed by atoms with van der Waals surface area (Å²) in [6.07, 6.45) is 3.26. The lowest BCUT2D eigenvalue weighted by Crippen LogP contribution is -2.36. The predicted molar refractivity (Wildman–Crippen MR) is 185 cm³/mol. The highest BCUT2D eigenvalue weighted by Crippen LogP contribution is 2.39. The molecule has 3 heterocycles. The maximum Gasteiger partial charge on any atom is 0.320 e. The second-order valence-corrected chi connectivity index (χ2v) is 14.4. The lowest BCUT2D eigenvalue weighted by molar-refractivity contribution is 0.108. The summed E-state index contributed by atoms with van der Waals surface area (Å²) < 4.78 is 19.2. The first-order valence-corrected chi connectivity index (χ1v) is 16.6. The van der Waals surface area contributed by atoms with Gasteiger partial charge < -0.3 is 19.5 Å².